The van der Waals surface area contributed by atoms with Gasteiger partial charge in [-0.3, -0.25) is 10.1 Å². The van der Waals surface area contributed by atoms with Gasteiger partial charge in [0, 0.05) is 34.1 Å². The number of nitrogens with zero attached hydrogens (tertiary/aromatic N) is 4. The van der Waals surface area contributed by atoms with Crippen molar-refractivity contribution in [3.8, 4) is 0 Å². The van der Waals surface area contributed by atoms with Crippen molar-refractivity contribution in [2.75, 3.05) is 0 Å². The zero-order chi connectivity index (χ0) is 11.5. The molecule has 1 heterocycles. The van der Waals surface area contributed by atoms with E-state index in [0.29, 0.717) is 5.39 Å². The lowest BCUT2D eigenvalue weighted by atomic mass is 10.1. The van der Waals surface area contributed by atoms with E-state index in [0.717, 1.165) is 11.1 Å². The number of benzene rings is 1. The number of nitro benzene ring substituents is 1. The minimum Gasteiger partial charge on any atom is -0.361 e. The molecule has 0 aliphatic rings. The van der Waals surface area contributed by atoms with E-state index in [1.165, 1.54) is 12.1 Å². The van der Waals surface area contributed by atoms with Gasteiger partial charge in [-0.25, -0.2) is 0 Å². The van der Waals surface area contributed by atoms with Crippen LogP contribution in [0.25, 0.3) is 21.3 Å². The lowest BCUT2D eigenvalue weighted by Crippen LogP contribution is -1.87. The molecule has 80 valence electrons. The van der Waals surface area contributed by atoms with E-state index in [4.69, 9.17) is 5.53 Å². The molecule has 7 nitrogen and oxygen atoms in total. The smallest absolute Gasteiger partial charge is 0.270 e. The van der Waals surface area contributed by atoms with Gasteiger partial charge in [-0.05, 0) is 17.2 Å². The molecule has 0 unspecified atom stereocenters. The molecular weight excluding hydrogens is 210 g/mol. The predicted octanol–water partition coefficient (Wildman–Crippen LogP) is 2.89. The number of azide groups is 1. The fourth-order valence-corrected chi connectivity index (χ4v) is 1.52. The first-order valence-electron chi connectivity index (χ1n) is 4.47. The standard InChI is InChI=1S/C9H7N5O2/c10-13-12-5-6-4-11-9-2-1-7(14(15)16)3-8(6)9/h1-4,11H,5H2. The highest BCUT2D eigenvalue weighted by Crippen LogP contribution is 2.24. The molecule has 0 bridgehead atoms. The molecule has 0 spiro atoms. The molecule has 1 N–H and O–H groups in total. The van der Waals surface area contributed by atoms with Crippen molar-refractivity contribution in [2.24, 2.45) is 5.11 Å². The third-order valence-electron chi connectivity index (χ3n) is 2.27. The SMILES string of the molecule is [N-]=[N+]=NCc1c[nH]c2ccc([N+](=O)[O-])cc12. The summed E-state index contributed by atoms with van der Waals surface area (Å²) >= 11 is 0. The van der Waals surface area contributed by atoms with E-state index < -0.39 is 4.92 Å². The van der Waals surface area contributed by atoms with Crippen molar-refractivity contribution >= 4 is 16.6 Å². The van der Waals surface area contributed by atoms with Crippen LogP contribution >= 0.6 is 0 Å². The zero-order valence-electron chi connectivity index (χ0n) is 8.12. The summed E-state index contributed by atoms with van der Waals surface area (Å²) in [5.41, 5.74) is 9.77. The van der Waals surface area contributed by atoms with Crippen molar-refractivity contribution in [3.05, 3.63) is 50.5 Å². The molecule has 0 radical (unpaired) electrons. The van der Waals surface area contributed by atoms with Gasteiger partial charge < -0.3 is 4.98 Å². The first kappa shape index (κ1) is 10.0. The van der Waals surface area contributed by atoms with Crippen LogP contribution < -0.4 is 0 Å². The summed E-state index contributed by atoms with van der Waals surface area (Å²) in [7, 11) is 0. The topological polar surface area (TPSA) is 108 Å². The van der Waals surface area contributed by atoms with Crippen LogP contribution in [-0.2, 0) is 6.54 Å². The first-order valence-corrected chi connectivity index (χ1v) is 4.47. The van der Waals surface area contributed by atoms with Gasteiger partial charge in [0.2, 0.25) is 0 Å². The highest BCUT2D eigenvalue weighted by molar-refractivity contribution is 5.85. The third-order valence-corrected chi connectivity index (χ3v) is 2.27. The normalized spacial score (nSPS) is 10.0. The summed E-state index contributed by atoms with van der Waals surface area (Å²) in [6.45, 7) is 0.178. The molecule has 0 aliphatic heterocycles. The predicted molar refractivity (Wildman–Crippen MR) is 57.8 cm³/mol. The van der Waals surface area contributed by atoms with Gasteiger partial charge in [0.1, 0.15) is 0 Å². The monoisotopic (exact) mass is 217 g/mol. The largest absolute Gasteiger partial charge is 0.361 e. The maximum atomic E-state index is 10.6. The van der Waals surface area contributed by atoms with Crippen LogP contribution in [0.5, 0.6) is 0 Å². The highest BCUT2D eigenvalue weighted by Gasteiger charge is 2.09. The van der Waals surface area contributed by atoms with Crippen LogP contribution in [0, 0.1) is 10.1 Å². The molecule has 7 heteroatoms. The maximum Gasteiger partial charge on any atom is 0.270 e. The summed E-state index contributed by atoms with van der Waals surface area (Å²) < 4.78 is 0. The Morgan fingerprint density at radius 1 is 1.56 bits per heavy atom. The summed E-state index contributed by atoms with van der Waals surface area (Å²) in [4.78, 5) is 15.8. The molecule has 0 atom stereocenters. The van der Waals surface area contributed by atoms with Crippen molar-refractivity contribution in [3.63, 3.8) is 0 Å². The Labute approximate surface area is 89.5 Å². The molecule has 16 heavy (non-hydrogen) atoms. The Kier molecular flexibility index (Phi) is 2.45. The maximum absolute atomic E-state index is 10.6. The number of aromatic nitrogens is 1. The van der Waals surface area contributed by atoms with Crippen molar-refractivity contribution in [2.45, 2.75) is 6.54 Å². The second kappa shape index (κ2) is 3.92. The molecule has 0 fully saturated rings. The second-order valence-corrected chi connectivity index (χ2v) is 3.19. The number of H-pyrrole nitrogens is 1. The molecule has 2 rings (SSSR count). The third kappa shape index (κ3) is 1.67. The molecule has 0 saturated heterocycles. The Morgan fingerprint density at radius 3 is 3.06 bits per heavy atom. The Morgan fingerprint density at radius 2 is 2.38 bits per heavy atom. The van der Waals surface area contributed by atoms with Crippen LogP contribution in [0.2, 0.25) is 0 Å². The Bertz CT molecular complexity index is 597. The highest BCUT2D eigenvalue weighted by atomic mass is 16.6. The summed E-state index contributed by atoms with van der Waals surface area (Å²) in [6.07, 6.45) is 1.68. The van der Waals surface area contributed by atoms with E-state index >= 15 is 0 Å². The number of hydrogen-bond acceptors (Lipinski definition) is 3. The van der Waals surface area contributed by atoms with E-state index in [9.17, 15) is 10.1 Å². The summed E-state index contributed by atoms with van der Waals surface area (Å²) in [5, 5.41) is 14.7. The fraction of sp³-hybridized carbons (Fsp3) is 0.111. The molecule has 2 aromatic rings. The number of nitrogens with one attached hydrogen (secondary N) is 1. The van der Waals surface area contributed by atoms with Crippen molar-refractivity contribution in [1.29, 1.82) is 0 Å². The minimum atomic E-state index is -0.455. The number of non-ortho nitro benzene ring substituents is 1. The van der Waals surface area contributed by atoms with Gasteiger partial charge in [0.25, 0.3) is 5.69 Å². The van der Waals surface area contributed by atoms with Crippen LogP contribution in [0.3, 0.4) is 0 Å². The Hall–Kier alpha value is -2.53. The van der Waals surface area contributed by atoms with Crippen molar-refractivity contribution in [1.82, 2.24) is 4.98 Å². The van der Waals surface area contributed by atoms with Gasteiger partial charge in [0.15, 0.2) is 0 Å². The number of hydrogen-bond donors (Lipinski definition) is 1. The van der Waals surface area contributed by atoms with E-state index in [1.807, 2.05) is 0 Å². The first-order chi connectivity index (χ1) is 7.72. The Balaban J connectivity index is 2.55. The number of nitro groups is 1. The number of aromatic amines is 1. The average molecular weight is 217 g/mol. The van der Waals surface area contributed by atoms with Gasteiger partial charge in [-0.2, -0.15) is 0 Å². The van der Waals surface area contributed by atoms with Gasteiger partial charge in [0.05, 0.1) is 11.5 Å². The lowest BCUT2D eigenvalue weighted by Gasteiger charge is -1.94. The molecule has 0 saturated carbocycles. The molecule has 0 amide bonds. The molecule has 1 aromatic carbocycles. The summed E-state index contributed by atoms with van der Waals surface area (Å²) in [6, 6.07) is 4.53. The second-order valence-electron chi connectivity index (χ2n) is 3.19. The van der Waals surface area contributed by atoms with Gasteiger partial charge in [-0.1, -0.05) is 5.11 Å². The van der Waals surface area contributed by atoms with Crippen LogP contribution in [0.1, 0.15) is 5.56 Å². The van der Waals surface area contributed by atoms with E-state index in [1.54, 1.807) is 12.3 Å². The van der Waals surface area contributed by atoms with Crippen LogP contribution in [0.15, 0.2) is 29.5 Å². The van der Waals surface area contributed by atoms with Gasteiger partial charge in [-0.15, -0.1) is 0 Å². The average Bonchev–Trinajstić information content (AvgIpc) is 2.68. The molecular formula is C9H7N5O2. The van der Waals surface area contributed by atoms with Crippen LogP contribution in [-0.4, -0.2) is 9.91 Å². The van der Waals surface area contributed by atoms with Gasteiger partial charge >= 0.3 is 0 Å². The zero-order valence-corrected chi connectivity index (χ0v) is 8.12. The molecule has 1 aromatic heterocycles. The number of rotatable bonds is 3. The minimum absolute atomic E-state index is 0.0225. The fourth-order valence-electron chi connectivity index (χ4n) is 1.52. The lowest BCUT2D eigenvalue weighted by molar-refractivity contribution is -0.384. The van der Waals surface area contributed by atoms with Crippen molar-refractivity contribution < 1.29 is 4.92 Å². The summed E-state index contributed by atoms with van der Waals surface area (Å²) in [5.74, 6) is 0. The number of fused-ring (bicyclic) bond motifs is 1. The van der Waals surface area contributed by atoms with E-state index in [-0.39, 0.29) is 12.2 Å². The quantitative estimate of drug-likeness (QED) is 0.280. The molecule has 0 aliphatic carbocycles. The van der Waals surface area contributed by atoms with Crippen LogP contribution in [0.4, 0.5) is 5.69 Å². The van der Waals surface area contributed by atoms with E-state index in [2.05, 4.69) is 15.0 Å².